The Kier molecular flexibility index (Phi) is 5.31. The molecule has 2 heterocycles. The topological polar surface area (TPSA) is 81.9 Å². The van der Waals surface area contributed by atoms with Gasteiger partial charge in [0, 0.05) is 19.1 Å². The van der Waals surface area contributed by atoms with Crippen LogP contribution in [0.2, 0.25) is 0 Å². The normalized spacial score (nSPS) is 15.2. The van der Waals surface area contributed by atoms with Crippen molar-refractivity contribution in [3.8, 4) is 6.07 Å². The molecule has 9 heteroatoms. The number of hydrogen-bond acceptors (Lipinski definition) is 3. The molecule has 1 N–H and O–H groups in total. The number of H-pyrrole nitrogens is 1. The highest BCUT2D eigenvalue weighted by molar-refractivity contribution is 5.79. The second kappa shape index (κ2) is 7.95. The van der Waals surface area contributed by atoms with Gasteiger partial charge in [-0.15, -0.1) is 0 Å². The van der Waals surface area contributed by atoms with Crippen LogP contribution in [0.25, 0.3) is 11.0 Å². The molecule has 1 fully saturated rings. The van der Waals surface area contributed by atoms with Gasteiger partial charge in [0.1, 0.15) is 0 Å². The number of likely N-dealkylation sites (tertiary alicyclic amines) is 1. The number of benzene rings is 2. The number of carbonyl (C=O) groups excluding carboxylic acids is 1. The minimum absolute atomic E-state index is 0.0291. The zero-order chi connectivity index (χ0) is 22.2. The third-order valence-corrected chi connectivity index (χ3v) is 5.67. The van der Waals surface area contributed by atoms with E-state index in [1.165, 1.54) is 12.1 Å². The van der Waals surface area contributed by atoms with E-state index in [0.29, 0.717) is 48.1 Å². The smallest absolute Gasteiger partial charge is 0.342 e. The SMILES string of the molecule is N#Cc1ccc2[nH]c(=O)n(C3CCN(C(=O)Cc4ccc(C(F)(F)F)cc4)CC3)c2c1. The number of imidazole rings is 1. The predicted octanol–water partition coefficient (Wildman–Crippen LogP) is 3.63. The molecule has 0 spiro atoms. The fourth-order valence-electron chi connectivity index (χ4n) is 4.03. The lowest BCUT2D eigenvalue weighted by molar-refractivity contribution is -0.137. The van der Waals surface area contributed by atoms with E-state index in [0.717, 1.165) is 12.1 Å². The minimum atomic E-state index is -4.40. The summed E-state index contributed by atoms with van der Waals surface area (Å²) in [5.74, 6) is -0.156. The van der Waals surface area contributed by atoms with Gasteiger partial charge in [0.15, 0.2) is 0 Å². The van der Waals surface area contributed by atoms with Crippen LogP contribution in [0.3, 0.4) is 0 Å². The second-order valence-corrected chi connectivity index (χ2v) is 7.63. The summed E-state index contributed by atoms with van der Waals surface area (Å²) in [6, 6.07) is 11.6. The number of nitriles is 1. The van der Waals surface area contributed by atoms with E-state index in [9.17, 15) is 22.8 Å². The van der Waals surface area contributed by atoms with Crippen LogP contribution >= 0.6 is 0 Å². The molecule has 6 nitrogen and oxygen atoms in total. The summed E-state index contributed by atoms with van der Waals surface area (Å²) in [6.07, 6.45) is -3.23. The maximum atomic E-state index is 12.7. The number of fused-ring (bicyclic) bond motifs is 1. The number of amides is 1. The number of aromatic nitrogens is 2. The van der Waals surface area contributed by atoms with Gasteiger partial charge in [-0.05, 0) is 48.7 Å². The van der Waals surface area contributed by atoms with Crippen molar-refractivity contribution in [1.29, 1.82) is 5.26 Å². The second-order valence-electron chi connectivity index (χ2n) is 7.63. The molecule has 0 saturated carbocycles. The van der Waals surface area contributed by atoms with Gasteiger partial charge in [0.2, 0.25) is 5.91 Å². The molecule has 31 heavy (non-hydrogen) atoms. The first kappa shape index (κ1) is 20.7. The van der Waals surface area contributed by atoms with Crippen molar-refractivity contribution >= 4 is 16.9 Å². The van der Waals surface area contributed by atoms with Crippen molar-refractivity contribution < 1.29 is 18.0 Å². The number of aromatic amines is 1. The first-order chi connectivity index (χ1) is 14.8. The van der Waals surface area contributed by atoms with E-state index >= 15 is 0 Å². The van der Waals surface area contributed by atoms with Gasteiger partial charge >= 0.3 is 11.9 Å². The number of nitrogens with zero attached hydrogens (tertiary/aromatic N) is 3. The highest BCUT2D eigenvalue weighted by Gasteiger charge is 2.30. The van der Waals surface area contributed by atoms with Crippen LogP contribution in [0.5, 0.6) is 0 Å². The molecule has 0 unspecified atom stereocenters. The quantitative estimate of drug-likeness (QED) is 0.692. The van der Waals surface area contributed by atoms with Crippen molar-refractivity contribution in [3.63, 3.8) is 0 Å². The summed E-state index contributed by atoms with van der Waals surface area (Å²) >= 11 is 0. The van der Waals surface area contributed by atoms with Crippen LogP contribution in [0.4, 0.5) is 13.2 Å². The van der Waals surface area contributed by atoms with E-state index in [1.54, 1.807) is 27.7 Å². The maximum absolute atomic E-state index is 12.7. The lowest BCUT2D eigenvalue weighted by Gasteiger charge is -2.32. The van der Waals surface area contributed by atoms with Crippen LogP contribution < -0.4 is 5.69 Å². The number of piperidine rings is 1. The first-order valence-corrected chi connectivity index (χ1v) is 9.84. The molecular weight excluding hydrogens is 409 g/mol. The first-order valence-electron chi connectivity index (χ1n) is 9.84. The standard InChI is InChI=1S/C22H19F3N4O2/c23-22(24,25)16-4-1-14(2-5-16)12-20(30)28-9-7-17(8-10-28)29-19-11-15(13-26)3-6-18(19)27-21(29)31/h1-6,11,17H,7-10,12H2,(H,27,31). The third-order valence-electron chi connectivity index (χ3n) is 5.67. The highest BCUT2D eigenvalue weighted by Crippen LogP contribution is 2.29. The molecule has 160 valence electrons. The van der Waals surface area contributed by atoms with Crippen LogP contribution in [-0.2, 0) is 17.4 Å². The third kappa shape index (κ3) is 4.19. The fourth-order valence-corrected chi connectivity index (χ4v) is 4.03. The molecule has 1 aromatic heterocycles. The van der Waals surface area contributed by atoms with Crippen molar-refractivity contribution in [3.05, 3.63) is 69.6 Å². The van der Waals surface area contributed by atoms with Crippen LogP contribution in [0, 0.1) is 11.3 Å². The summed E-state index contributed by atoms with van der Waals surface area (Å²) in [5, 5.41) is 9.13. The Labute approximate surface area is 175 Å². The molecule has 1 saturated heterocycles. The van der Waals surface area contributed by atoms with Crippen molar-refractivity contribution in [2.24, 2.45) is 0 Å². The molecule has 1 aliphatic heterocycles. The molecule has 0 aliphatic carbocycles. The molecule has 2 aromatic carbocycles. The number of rotatable bonds is 3. The number of alkyl halides is 3. The Balaban J connectivity index is 1.43. The molecule has 1 aliphatic rings. The summed E-state index contributed by atoms with van der Waals surface area (Å²) in [6.45, 7) is 0.891. The van der Waals surface area contributed by atoms with Gasteiger partial charge in [0.25, 0.3) is 0 Å². The van der Waals surface area contributed by atoms with Crippen molar-refractivity contribution in [1.82, 2.24) is 14.5 Å². The van der Waals surface area contributed by atoms with Gasteiger partial charge in [-0.3, -0.25) is 9.36 Å². The highest BCUT2D eigenvalue weighted by atomic mass is 19.4. The van der Waals surface area contributed by atoms with E-state index in [2.05, 4.69) is 11.1 Å². The number of nitrogens with one attached hydrogen (secondary N) is 1. The molecule has 3 aromatic rings. The van der Waals surface area contributed by atoms with Crippen molar-refractivity contribution in [2.75, 3.05) is 13.1 Å². The lowest BCUT2D eigenvalue weighted by atomic mass is 10.0. The summed E-state index contributed by atoms with van der Waals surface area (Å²) in [7, 11) is 0. The lowest BCUT2D eigenvalue weighted by Crippen LogP contribution is -2.41. The maximum Gasteiger partial charge on any atom is 0.416 e. The molecule has 0 bridgehead atoms. The number of carbonyl (C=O) groups is 1. The van der Waals surface area contributed by atoms with E-state index in [-0.39, 0.29) is 24.1 Å². The molecule has 0 radical (unpaired) electrons. The Morgan fingerprint density at radius 2 is 1.81 bits per heavy atom. The summed E-state index contributed by atoms with van der Waals surface area (Å²) < 4.78 is 39.7. The Bertz CT molecular complexity index is 1210. The van der Waals surface area contributed by atoms with Gasteiger partial charge in [-0.2, -0.15) is 18.4 Å². The Morgan fingerprint density at radius 1 is 1.13 bits per heavy atom. The molecule has 0 atom stereocenters. The van der Waals surface area contributed by atoms with Crippen LogP contribution in [0.1, 0.15) is 35.6 Å². The average molecular weight is 428 g/mol. The average Bonchev–Trinajstić information content (AvgIpc) is 3.08. The van der Waals surface area contributed by atoms with Gasteiger partial charge in [-0.25, -0.2) is 4.79 Å². The minimum Gasteiger partial charge on any atom is -0.342 e. The van der Waals surface area contributed by atoms with Crippen LogP contribution in [0.15, 0.2) is 47.3 Å². The van der Waals surface area contributed by atoms with E-state index < -0.39 is 11.7 Å². The zero-order valence-corrected chi connectivity index (χ0v) is 16.4. The van der Waals surface area contributed by atoms with Crippen LogP contribution in [-0.4, -0.2) is 33.4 Å². The zero-order valence-electron chi connectivity index (χ0n) is 16.4. The molecule has 4 rings (SSSR count). The van der Waals surface area contributed by atoms with Gasteiger partial charge < -0.3 is 9.88 Å². The molecular formula is C22H19F3N4O2. The molecule has 1 amide bonds. The van der Waals surface area contributed by atoms with E-state index in [4.69, 9.17) is 5.26 Å². The number of halogens is 3. The van der Waals surface area contributed by atoms with Gasteiger partial charge in [-0.1, -0.05) is 12.1 Å². The van der Waals surface area contributed by atoms with Crippen molar-refractivity contribution in [2.45, 2.75) is 31.5 Å². The van der Waals surface area contributed by atoms with E-state index in [1.807, 2.05) is 0 Å². The van der Waals surface area contributed by atoms with Gasteiger partial charge in [0.05, 0.1) is 34.7 Å². The predicted molar refractivity (Wildman–Crippen MR) is 107 cm³/mol. The Morgan fingerprint density at radius 3 is 2.42 bits per heavy atom. The fraction of sp³-hybridized carbons (Fsp3) is 0.318. The largest absolute Gasteiger partial charge is 0.416 e. The summed E-state index contributed by atoms with van der Waals surface area (Å²) in [4.78, 5) is 29.5. The Hall–Kier alpha value is -3.54. The summed E-state index contributed by atoms with van der Waals surface area (Å²) in [5.41, 5.74) is 1.32. The monoisotopic (exact) mass is 428 g/mol. The number of hydrogen-bond donors (Lipinski definition) is 1.